The van der Waals surface area contributed by atoms with Gasteiger partial charge in [-0.25, -0.2) is 0 Å². The molecule has 0 spiro atoms. The van der Waals surface area contributed by atoms with E-state index in [1.807, 2.05) is 0 Å². The highest BCUT2D eigenvalue weighted by Crippen LogP contribution is 2.68. The molecule has 178 valence electrons. The average Bonchev–Trinajstić information content (AvgIpc) is 3.01. The van der Waals surface area contributed by atoms with Gasteiger partial charge in [0, 0.05) is 5.41 Å². The van der Waals surface area contributed by atoms with E-state index in [1.54, 1.807) is 0 Å². The highest BCUT2D eigenvalue weighted by Gasteiger charge is 2.63. The molecule has 4 aliphatic rings. The maximum Gasteiger partial charge on any atom is 0.0628 e. The van der Waals surface area contributed by atoms with Gasteiger partial charge in [-0.1, -0.05) is 79.4 Å². The molecule has 0 aromatic heterocycles. The van der Waals surface area contributed by atoms with E-state index in [9.17, 15) is 10.2 Å². The minimum absolute atomic E-state index is 0.0490. The molecule has 2 nitrogen and oxygen atoms in total. The van der Waals surface area contributed by atoms with Gasteiger partial charge in [0.1, 0.15) is 0 Å². The molecule has 0 aromatic rings. The average molecular weight is 431 g/mol. The summed E-state index contributed by atoms with van der Waals surface area (Å²) in [5.74, 6) is 4.07. The van der Waals surface area contributed by atoms with E-state index in [4.69, 9.17) is 0 Å². The molecule has 3 saturated carbocycles. The number of aliphatic hydroxyl groups is 2. The van der Waals surface area contributed by atoms with Crippen LogP contribution in [-0.4, -0.2) is 22.4 Å². The molecule has 2 heteroatoms. The minimum atomic E-state index is -0.253. The molecule has 4 aliphatic carbocycles. The summed E-state index contributed by atoms with van der Waals surface area (Å²) in [4.78, 5) is 0. The lowest BCUT2D eigenvalue weighted by atomic mass is 9.43. The molecule has 0 saturated heterocycles. The van der Waals surface area contributed by atoms with Gasteiger partial charge in [0.25, 0.3) is 0 Å². The zero-order valence-corrected chi connectivity index (χ0v) is 21.5. The number of allylic oxidation sites excluding steroid dienone is 1. The molecule has 0 aromatic carbocycles. The maximum atomic E-state index is 11.7. The van der Waals surface area contributed by atoms with Crippen molar-refractivity contribution in [2.45, 2.75) is 118 Å². The lowest BCUT2D eigenvalue weighted by Gasteiger charge is -2.62. The molecular weight excluding hydrogens is 380 g/mol. The van der Waals surface area contributed by atoms with Crippen LogP contribution in [0.3, 0.4) is 0 Å². The van der Waals surface area contributed by atoms with E-state index in [1.165, 1.54) is 37.7 Å². The number of rotatable bonds is 5. The highest BCUT2D eigenvalue weighted by atomic mass is 16.3. The van der Waals surface area contributed by atoms with Crippen molar-refractivity contribution in [2.75, 3.05) is 0 Å². The Morgan fingerprint density at radius 3 is 2.39 bits per heavy atom. The second kappa shape index (κ2) is 8.15. The molecule has 0 heterocycles. The molecule has 31 heavy (non-hydrogen) atoms. The van der Waals surface area contributed by atoms with Crippen molar-refractivity contribution >= 4 is 0 Å². The monoisotopic (exact) mass is 430 g/mol. The molecule has 0 radical (unpaired) electrons. The Balaban J connectivity index is 1.59. The van der Waals surface area contributed by atoms with Crippen LogP contribution in [0.1, 0.15) is 106 Å². The summed E-state index contributed by atoms with van der Waals surface area (Å²) in [7, 11) is 0. The van der Waals surface area contributed by atoms with Gasteiger partial charge < -0.3 is 10.2 Å². The van der Waals surface area contributed by atoms with Gasteiger partial charge in [-0.15, -0.1) is 0 Å². The fraction of sp³-hybridized carbons (Fsp3) is 0.931. The Morgan fingerprint density at radius 2 is 1.71 bits per heavy atom. The molecule has 4 rings (SSSR count). The second-order valence-electron chi connectivity index (χ2n) is 13.6. The van der Waals surface area contributed by atoms with Crippen LogP contribution in [-0.2, 0) is 0 Å². The fourth-order valence-electron chi connectivity index (χ4n) is 9.55. The van der Waals surface area contributed by atoms with Crippen molar-refractivity contribution < 1.29 is 10.2 Å². The largest absolute Gasteiger partial charge is 0.393 e. The Kier molecular flexibility index (Phi) is 6.26. The lowest BCUT2D eigenvalue weighted by Crippen LogP contribution is -2.59. The molecule has 3 fully saturated rings. The van der Waals surface area contributed by atoms with E-state index in [0.717, 1.165) is 49.4 Å². The molecule has 1 unspecified atom stereocenters. The molecule has 9 atom stereocenters. The second-order valence-corrected chi connectivity index (χ2v) is 13.6. The van der Waals surface area contributed by atoms with Crippen LogP contribution in [0.4, 0.5) is 0 Å². The normalized spacial score (nSPS) is 47.4. The van der Waals surface area contributed by atoms with E-state index in [-0.39, 0.29) is 23.0 Å². The van der Waals surface area contributed by atoms with Crippen LogP contribution in [0.25, 0.3) is 0 Å². The third-order valence-corrected chi connectivity index (χ3v) is 11.1. The number of aliphatic hydroxyl groups excluding tert-OH is 2. The van der Waals surface area contributed by atoms with Gasteiger partial charge in [0.05, 0.1) is 12.2 Å². The summed E-state index contributed by atoms with van der Waals surface area (Å²) in [6.07, 6.45) is 12.8. The van der Waals surface area contributed by atoms with Gasteiger partial charge in [-0.2, -0.15) is 0 Å². The predicted octanol–water partition coefficient (Wildman–Crippen LogP) is 7.00. The maximum absolute atomic E-state index is 11.7. The van der Waals surface area contributed by atoms with Gasteiger partial charge in [0.2, 0.25) is 0 Å². The molecule has 0 amide bonds. The number of fused-ring (bicyclic) bond motifs is 5. The third-order valence-electron chi connectivity index (χ3n) is 11.1. The van der Waals surface area contributed by atoms with Crippen molar-refractivity contribution in [3.05, 3.63) is 11.6 Å². The first kappa shape index (κ1) is 23.8. The van der Waals surface area contributed by atoms with Crippen molar-refractivity contribution in [2.24, 2.45) is 51.8 Å². The first-order valence-electron chi connectivity index (χ1n) is 13.5. The summed E-state index contributed by atoms with van der Waals surface area (Å²) < 4.78 is 0. The van der Waals surface area contributed by atoms with Gasteiger partial charge in [-0.05, 0) is 84.9 Å². The first-order valence-corrected chi connectivity index (χ1v) is 13.5. The Hall–Kier alpha value is -0.340. The summed E-state index contributed by atoms with van der Waals surface area (Å²) in [5.41, 5.74) is 1.62. The molecule has 2 N–H and O–H groups in total. The van der Waals surface area contributed by atoms with Crippen LogP contribution >= 0.6 is 0 Å². The summed E-state index contributed by atoms with van der Waals surface area (Å²) in [6, 6.07) is 0. The van der Waals surface area contributed by atoms with Crippen LogP contribution < -0.4 is 0 Å². The summed E-state index contributed by atoms with van der Waals surface area (Å²) >= 11 is 0. The Bertz CT molecular complexity index is 693. The molecule has 0 bridgehead atoms. The van der Waals surface area contributed by atoms with Crippen LogP contribution in [0, 0.1) is 51.8 Å². The summed E-state index contributed by atoms with van der Waals surface area (Å²) in [6.45, 7) is 16.6. The molecule has 0 aliphatic heterocycles. The van der Waals surface area contributed by atoms with E-state index >= 15 is 0 Å². The standard InChI is InChI=1S/C29H50O2/c1-18(2)9-8-10-19(3)21-12-13-22-20-11-14-24-27(4,5)25(31)15-16-28(24,6)26(20)23(30)17-29(21,22)7/h14,18-23,25-26,30-31H,8-13,15-17H2,1-7H3/t19-,20+,21-,22+,23?,25+,26-,28+,29-/m1/s1. The predicted molar refractivity (Wildman–Crippen MR) is 130 cm³/mol. The van der Waals surface area contributed by atoms with Crippen LogP contribution in [0.2, 0.25) is 0 Å². The zero-order chi connectivity index (χ0) is 22.8. The quantitative estimate of drug-likeness (QED) is 0.461. The topological polar surface area (TPSA) is 40.5 Å². The number of hydrogen-bond acceptors (Lipinski definition) is 2. The van der Waals surface area contributed by atoms with E-state index in [0.29, 0.717) is 17.3 Å². The number of hydrogen-bond donors (Lipinski definition) is 2. The SMILES string of the molecule is CC(C)CCC[C@@H](C)[C@H]1CC[C@H]2[C@@H]3CC=C4C(C)(C)[C@@H](O)CC[C@]4(C)[C@H]3C(O)C[C@]12C. The smallest absolute Gasteiger partial charge is 0.0628 e. The van der Waals surface area contributed by atoms with Gasteiger partial charge in [-0.3, -0.25) is 0 Å². The van der Waals surface area contributed by atoms with Crippen molar-refractivity contribution in [1.29, 1.82) is 0 Å². The van der Waals surface area contributed by atoms with Crippen LogP contribution in [0.5, 0.6) is 0 Å². The van der Waals surface area contributed by atoms with Crippen molar-refractivity contribution in [1.82, 2.24) is 0 Å². The lowest BCUT2D eigenvalue weighted by molar-refractivity contribution is -0.139. The zero-order valence-electron chi connectivity index (χ0n) is 21.5. The minimum Gasteiger partial charge on any atom is -0.393 e. The van der Waals surface area contributed by atoms with Crippen molar-refractivity contribution in [3.8, 4) is 0 Å². The van der Waals surface area contributed by atoms with Gasteiger partial charge >= 0.3 is 0 Å². The Morgan fingerprint density at radius 1 is 1.00 bits per heavy atom. The first-order chi connectivity index (χ1) is 14.4. The van der Waals surface area contributed by atoms with E-state index in [2.05, 4.69) is 54.5 Å². The molecular formula is C29H50O2. The third kappa shape index (κ3) is 3.67. The highest BCUT2D eigenvalue weighted by molar-refractivity contribution is 5.32. The Labute approximate surface area is 192 Å². The summed E-state index contributed by atoms with van der Waals surface area (Å²) in [5, 5.41) is 22.5. The van der Waals surface area contributed by atoms with E-state index < -0.39 is 0 Å². The van der Waals surface area contributed by atoms with Crippen LogP contribution in [0.15, 0.2) is 11.6 Å². The fourth-order valence-corrected chi connectivity index (χ4v) is 9.55. The van der Waals surface area contributed by atoms with Crippen molar-refractivity contribution in [3.63, 3.8) is 0 Å². The van der Waals surface area contributed by atoms with Gasteiger partial charge in [0.15, 0.2) is 0 Å².